The lowest BCUT2D eigenvalue weighted by Gasteiger charge is -2.34. The summed E-state index contributed by atoms with van der Waals surface area (Å²) in [5.74, 6) is -1.37. The quantitative estimate of drug-likeness (QED) is 0.849. The smallest absolute Gasteiger partial charge is 0.150 e. The highest BCUT2D eigenvalue weighted by Gasteiger charge is 2.25. The molecule has 1 aliphatic rings. The second-order valence-electron chi connectivity index (χ2n) is 4.98. The van der Waals surface area contributed by atoms with Crippen LogP contribution in [-0.4, -0.2) is 25.8 Å². The van der Waals surface area contributed by atoms with Crippen LogP contribution in [0.2, 0.25) is 0 Å². The molecule has 1 unspecified atom stereocenters. The molecule has 0 bridgehead atoms. The number of piperidine rings is 1. The molecule has 0 saturated carbocycles. The van der Waals surface area contributed by atoms with Gasteiger partial charge in [-0.25, -0.2) is 8.78 Å². The molecule has 1 heterocycles. The number of nitriles is 1. The Bertz CT molecular complexity index is 490. The van der Waals surface area contributed by atoms with Gasteiger partial charge in [0.25, 0.3) is 0 Å². The van der Waals surface area contributed by atoms with Gasteiger partial charge in [-0.2, -0.15) is 5.26 Å². The third kappa shape index (κ3) is 3.26. The molecule has 1 atom stereocenters. The van der Waals surface area contributed by atoms with E-state index >= 15 is 0 Å². The van der Waals surface area contributed by atoms with Crippen molar-refractivity contribution in [1.82, 2.24) is 0 Å². The molecule has 1 aromatic rings. The van der Waals surface area contributed by atoms with E-state index < -0.39 is 11.6 Å². The Morgan fingerprint density at radius 1 is 1.40 bits per heavy atom. The fraction of sp³-hybridized carbons (Fsp3) is 0.533. The minimum Gasteiger partial charge on any atom is -0.376 e. The molecule has 1 aromatic carbocycles. The van der Waals surface area contributed by atoms with Crippen molar-refractivity contribution >= 4 is 5.69 Å². The van der Waals surface area contributed by atoms with Crippen LogP contribution in [0.25, 0.3) is 0 Å². The number of halogens is 2. The molecule has 2 rings (SSSR count). The zero-order chi connectivity index (χ0) is 14.5. The van der Waals surface area contributed by atoms with Crippen LogP contribution in [0.1, 0.15) is 31.7 Å². The first-order valence-electron chi connectivity index (χ1n) is 6.91. The van der Waals surface area contributed by atoms with Crippen molar-refractivity contribution in [1.29, 1.82) is 5.26 Å². The van der Waals surface area contributed by atoms with E-state index in [1.807, 2.05) is 6.92 Å². The Morgan fingerprint density at radius 3 is 2.70 bits per heavy atom. The van der Waals surface area contributed by atoms with Crippen molar-refractivity contribution in [2.75, 3.05) is 24.6 Å². The molecule has 3 nitrogen and oxygen atoms in total. The third-order valence-electron chi connectivity index (χ3n) is 3.40. The van der Waals surface area contributed by atoms with Crippen molar-refractivity contribution in [2.45, 2.75) is 32.3 Å². The van der Waals surface area contributed by atoms with Gasteiger partial charge in [-0.1, -0.05) is 6.92 Å². The second kappa shape index (κ2) is 6.67. The van der Waals surface area contributed by atoms with E-state index in [9.17, 15) is 8.78 Å². The topological polar surface area (TPSA) is 36.3 Å². The Hall–Kier alpha value is -1.67. The van der Waals surface area contributed by atoms with Gasteiger partial charge in [0.15, 0.2) is 11.6 Å². The van der Waals surface area contributed by atoms with Crippen LogP contribution < -0.4 is 4.90 Å². The number of nitrogens with zero attached hydrogens (tertiary/aromatic N) is 2. The van der Waals surface area contributed by atoms with Crippen LogP contribution in [0.3, 0.4) is 0 Å². The molecular weight excluding hydrogens is 262 g/mol. The molecule has 20 heavy (non-hydrogen) atoms. The van der Waals surface area contributed by atoms with Gasteiger partial charge in [-0.3, -0.25) is 0 Å². The zero-order valence-corrected chi connectivity index (χ0v) is 11.5. The summed E-state index contributed by atoms with van der Waals surface area (Å²) in [4.78, 5) is 1.68. The average molecular weight is 280 g/mol. The number of benzene rings is 1. The van der Waals surface area contributed by atoms with Gasteiger partial charge in [-0.05, 0) is 31.4 Å². The average Bonchev–Trinajstić information content (AvgIpc) is 2.44. The van der Waals surface area contributed by atoms with E-state index in [2.05, 4.69) is 0 Å². The third-order valence-corrected chi connectivity index (χ3v) is 3.40. The molecule has 0 spiro atoms. The maximum absolute atomic E-state index is 14.0. The van der Waals surface area contributed by atoms with Gasteiger partial charge in [0, 0.05) is 19.7 Å². The van der Waals surface area contributed by atoms with Gasteiger partial charge in [0.05, 0.1) is 17.7 Å². The van der Waals surface area contributed by atoms with Gasteiger partial charge in [0.1, 0.15) is 5.69 Å². The molecule has 0 radical (unpaired) electrons. The summed E-state index contributed by atoms with van der Waals surface area (Å²) in [6.45, 7) is 3.78. The molecular formula is C15H18F2N2O. The first-order chi connectivity index (χ1) is 9.65. The number of hydrogen-bond acceptors (Lipinski definition) is 3. The standard InChI is InChI=1S/C15H18F2N2O/c1-2-6-20-12-4-3-5-19(10-12)15-13(16)7-11(9-18)8-14(15)17/h7-8,12H,2-6,10H2,1H3. The van der Waals surface area contributed by atoms with Crippen molar-refractivity contribution in [2.24, 2.45) is 0 Å². The van der Waals surface area contributed by atoms with E-state index in [1.165, 1.54) is 0 Å². The number of rotatable bonds is 4. The molecule has 1 fully saturated rings. The summed E-state index contributed by atoms with van der Waals surface area (Å²) < 4.78 is 33.6. The van der Waals surface area contributed by atoms with Crippen LogP contribution >= 0.6 is 0 Å². The summed E-state index contributed by atoms with van der Waals surface area (Å²) in [7, 11) is 0. The summed E-state index contributed by atoms with van der Waals surface area (Å²) in [5.41, 5.74) is -0.0478. The van der Waals surface area contributed by atoms with Gasteiger partial charge in [-0.15, -0.1) is 0 Å². The van der Waals surface area contributed by atoms with Crippen LogP contribution in [0.4, 0.5) is 14.5 Å². The van der Waals surface area contributed by atoms with E-state index in [-0.39, 0.29) is 17.4 Å². The van der Waals surface area contributed by atoms with E-state index in [1.54, 1.807) is 11.0 Å². The Balaban J connectivity index is 2.17. The van der Waals surface area contributed by atoms with Crippen LogP contribution in [-0.2, 0) is 4.74 Å². The first kappa shape index (κ1) is 14.7. The monoisotopic (exact) mass is 280 g/mol. The lowest BCUT2D eigenvalue weighted by atomic mass is 10.1. The summed E-state index contributed by atoms with van der Waals surface area (Å²) >= 11 is 0. The molecule has 0 aromatic heterocycles. The van der Waals surface area contributed by atoms with E-state index in [4.69, 9.17) is 10.00 Å². The molecule has 0 aliphatic carbocycles. The number of ether oxygens (including phenoxy) is 1. The van der Waals surface area contributed by atoms with Crippen LogP contribution in [0.15, 0.2) is 12.1 Å². The minimum atomic E-state index is -0.683. The van der Waals surface area contributed by atoms with Gasteiger partial charge >= 0.3 is 0 Å². The Labute approximate surface area is 117 Å². The molecule has 0 N–H and O–H groups in total. The highest BCUT2D eigenvalue weighted by Crippen LogP contribution is 2.28. The predicted octanol–water partition coefficient (Wildman–Crippen LogP) is 3.23. The largest absolute Gasteiger partial charge is 0.376 e. The van der Waals surface area contributed by atoms with Crippen LogP contribution in [0.5, 0.6) is 0 Å². The molecule has 5 heteroatoms. The van der Waals surface area contributed by atoms with E-state index in [0.717, 1.165) is 31.4 Å². The predicted molar refractivity (Wildman–Crippen MR) is 72.6 cm³/mol. The number of hydrogen-bond donors (Lipinski definition) is 0. The molecule has 1 aliphatic heterocycles. The van der Waals surface area contributed by atoms with Crippen molar-refractivity contribution in [3.8, 4) is 6.07 Å². The van der Waals surface area contributed by atoms with Gasteiger partial charge < -0.3 is 9.64 Å². The van der Waals surface area contributed by atoms with Crippen LogP contribution in [0, 0.1) is 23.0 Å². The lowest BCUT2D eigenvalue weighted by Crippen LogP contribution is -2.40. The summed E-state index contributed by atoms with van der Waals surface area (Å²) in [5, 5.41) is 8.71. The highest BCUT2D eigenvalue weighted by molar-refractivity contribution is 5.53. The fourth-order valence-electron chi connectivity index (χ4n) is 2.49. The first-order valence-corrected chi connectivity index (χ1v) is 6.91. The Kier molecular flexibility index (Phi) is 4.91. The normalized spacial score (nSPS) is 18.9. The highest BCUT2D eigenvalue weighted by atomic mass is 19.1. The SMILES string of the molecule is CCCOC1CCCN(c2c(F)cc(C#N)cc2F)C1. The maximum atomic E-state index is 14.0. The lowest BCUT2D eigenvalue weighted by molar-refractivity contribution is 0.0438. The number of anilines is 1. The van der Waals surface area contributed by atoms with E-state index in [0.29, 0.717) is 19.7 Å². The maximum Gasteiger partial charge on any atom is 0.150 e. The summed E-state index contributed by atoms with van der Waals surface area (Å²) in [6, 6.07) is 3.91. The second-order valence-corrected chi connectivity index (χ2v) is 4.98. The summed E-state index contributed by atoms with van der Waals surface area (Å²) in [6.07, 6.45) is 2.69. The van der Waals surface area contributed by atoms with Crippen molar-refractivity contribution < 1.29 is 13.5 Å². The van der Waals surface area contributed by atoms with Gasteiger partial charge in [0.2, 0.25) is 0 Å². The van der Waals surface area contributed by atoms with Crippen molar-refractivity contribution in [3.63, 3.8) is 0 Å². The van der Waals surface area contributed by atoms with Crippen molar-refractivity contribution in [3.05, 3.63) is 29.3 Å². The molecule has 1 saturated heterocycles. The molecule has 0 amide bonds. The fourth-order valence-corrected chi connectivity index (χ4v) is 2.49. The zero-order valence-electron chi connectivity index (χ0n) is 11.5. The molecule has 108 valence electrons. The minimum absolute atomic E-state index is 0.000424. The Morgan fingerprint density at radius 2 is 2.10 bits per heavy atom.